The fraction of sp³-hybridized carbons (Fsp3) is 1.00. The highest BCUT2D eigenvalue weighted by atomic mass is 15.2. The molecule has 2 nitrogen and oxygen atoms in total. The maximum absolute atomic E-state index is 3.82. The van der Waals surface area contributed by atoms with Gasteiger partial charge < -0.3 is 5.32 Å². The van der Waals surface area contributed by atoms with Crippen LogP contribution in [0.2, 0.25) is 0 Å². The Morgan fingerprint density at radius 3 is 1.90 bits per heavy atom. The van der Waals surface area contributed by atoms with Crippen LogP contribution in [-0.4, -0.2) is 36.6 Å². The number of hydrogen-bond donors (Lipinski definition) is 1. The van der Waals surface area contributed by atoms with E-state index < -0.39 is 0 Å². The van der Waals surface area contributed by atoms with Crippen molar-refractivity contribution in [3.05, 3.63) is 0 Å². The highest BCUT2D eigenvalue weighted by molar-refractivity contribution is 4.87. The van der Waals surface area contributed by atoms with E-state index in [-0.39, 0.29) is 0 Å². The molecule has 2 fully saturated rings. The van der Waals surface area contributed by atoms with E-state index in [1.165, 1.54) is 90.1 Å². The summed E-state index contributed by atoms with van der Waals surface area (Å²) in [6, 6.07) is 1.56. The number of rotatable bonds is 3. The highest BCUT2D eigenvalue weighted by Crippen LogP contribution is 2.24. The smallest absolute Gasteiger partial charge is 0.0249 e. The van der Waals surface area contributed by atoms with E-state index in [1.807, 2.05) is 0 Å². The first-order chi connectivity index (χ1) is 9.92. The molecule has 0 radical (unpaired) electrons. The standard InChI is InChI=1S/C18H36N2/c1-2-19-17-13-9-7-5-3-4-6-8-10-14-18(17)20-15-11-12-16-20/h17-19H,2-16H2,1H3. The summed E-state index contributed by atoms with van der Waals surface area (Å²) in [5.41, 5.74) is 0. The predicted molar refractivity (Wildman–Crippen MR) is 88.2 cm³/mol. The molecule has 1 saturated heterocycles. The van der Waals surface area contributed by atoms with Gasteiger partial charge in [0.25, 0.3) is 0 Å². The van der Waals surface area contributed by atoms with Crippen molar-refractivity contribution >= 4 is 0 Å². The molecule has 0 aromatic heterocycles. The second kappa shape index (κ2) is 9.78. The van der Waals surface area contributed by atoms with E-state index in [2.05, 4.69) is 17.1 Å². The Labute approximate surface area is 126 Å². The van der Waals surface area contributed by atoms with Crippen molar-refractivity contribution in [3.63, 3.8) is 0 Å². The van der Waals surface area contributed by atoms with Crippen LogP contribution in [0.25, 0.3) is 0 Å². The van der Waals surface area contributed by atoms with Gasteiger partial charge in [0.15, 0.2) is 0 Å². The highest BCUT2D eigenvalue weighted by Gasteiger charge is 2.28. The fourth-order valence-electron chi connectivity index (χ4n) is 4.18. The zero-order valence-electron chi connectivity index (χ0n) is 13.7. The molecule has 1 aliphatic carbocycles. The average Bonchev–Trinajstić information content (AvgIpc) is 2.96. The Bertz CT molecular complexity index is 236. The lowest BCUT2D eigenvalue weighted by Gasteiger charge is -2.35. The summed E-state index contributed by atoms with van der Waals surface area (Å²) >= 11 is 0. The topological polar surface area (TPSA) is 15.3 Å². The average molecular weight is 280 g/mol. The van der Waals surface area contributed by atoms with Gasteiger partial charge in [-0.25, -0.2) is 0 Å². The van der Waals surface area contributed by atoms with Crippen LogP contribution < -0.4 is 5.32 Å². The predicted octanol–water partition coefficient (Wildman–Crippen LogP) is 4.34. The number of hydrogen-bond acceptors (Lipinski definition) is 2. The second-order valence-electron chi connectivity index (χ2n) is 6.88. The van der Waals surface area contributed by atoms with Gasteiger partial charge in [0.05, 0.1) is 0 Å². The first-order valence-corrected chi connectivity index (χ1v) is 9.39. The van der Waals surface area contributed by atoms with Gasteiger partial charge in [-0.3, -0.25) is 4.90 Å². The monoisotopic (exact) mass is 280 g/mol. The molecule has 1 saturated carbocycles. The third-order valence-corrected chi connectivity index (χ3v) is 5.31. The zero-order valence-corrected chi connectivity index (χ0v) is 13.7. The second-order valence-corrected chi connectivity index (χ2v) is 6.88. The fourth-order valence-corrected chi connectivity index (χ4v) is 4.18. The number of likely N-dealkylation sites (tertiary alicyclic amines) is 1. The molecule has 0 amide bonds. The first-order valence-electron chi connectivity index (χ1n) is 9.39. The van der Waals surface area contributed by atoms with E-state index in [0.29, 0.717) is 0 Å². The van der Waals surface area contributed by atoms with Gasteiger partial charge in [0.1, 0.15) is 0 Å². The Morgan fingerprint density at radius 2 is 1.30 bits per heavy atom. The molecule has 1 aliphatic heterocycles. The Hall–Kier alpha value is -0.0800. The lowest BCUT2D eigenvalue weighted by molar-refractivity contribution is 0.169. The summed E-state index contributed by atoms with van der Waals surface area (Å²) in [5.74, 6) is 0. The molecule has 1 heterocycles. The molecule has 2 heteroatoms. The van der Waals surface area contributed by atoms with Gasteiger partial charge in [0.2, 0.25) is 0 Å². The van der Waals surface area contributed by atoms with E-state index in [1.54, 1.807) is 0 Å². The van der Waals surface area contributed by atoms with Crippen molar-refractivity contribution in [2.45, 2.75) is 96.1 Å². The minimum absolute atomic E-state index is 0.748. The van der Waals surface area contributed by atoms with Crippen LogP contribution in [0.15, 0.2) is 0 Å². The van der Waals surface area contributed by atoms with Crippen LogP contribution in [0.5, 0.6) is 0 Å². The molecule has 2 unspecified atom stereocenters. The van der Waals surface area contributed by atoms with Crippen molar-refractivity contribution < 1.29 is 0 Å². The van der Waals surface area contributed by atoms with Crippen molar-refractivity contribution in [3.8, 4) is 0 Å². The van der Waals surface area contributed by atoms with E-state index in [4.69, 9.17) is 0 Å². The summed E-state index contributed by atoms with van der Waals surface area (Å²) in [4.78, 5) is 2.80. The minimum atomic E-state index is 0.748. The Morgan fingerprint density at radius 1 is 0.750 bits per heavy atom. The van der Waals surface area contributed by atoms with Crippen molar-refractivity contribution in [1.29, 1.82) is 0 Å². The molecule has 0 aromatic carbocycles. The van der Waals surface area contributed by atoms with Gasteiger partial charge in [-0.05, 0) is 45.3 Å². The minimum Gasteiger partial charge on any atom is -0.313 e. The third-order valence-electron chi connectivity index (χ3n) is 5.31. The molecule has 0 aromatic rings. The lowest BCUT2D eigenvalue weighted by Crippen LogP contribution is -2.49. The lowest BCUT2D eigenvalue weighted by atomic mass is 9.93. The molecule has 2 atom stereocenters. The van der Waals surface area contributed by atoms with Crippen LogP contribution in [-0.2, 0) is 0 Å². The van der Waals surface area contributed by atoms with E-state index >= 15 is 0 Å². The number of likely N-dealkylation sites (N-methyl/N-ethyl adjacent to an activating group) is 1. The molecule has 0 spiro atoms. The van der Waals surface area contributed by atoms with Gasteiger partial charge in [0, 0.05) is 12.1 Å². The third kappa shape index (κ3) is 5.37. The van der Waals surface area contributed by atoms with Gasteiger partial charge in [-0.2, -0.15) is 0 Å². The molecule has 1 N–H and O–H groups in total. The van der Waals surface area contributed by atoms with Crippen molar-refractivity contribution in [2.24, 2.45) is 0 Å². The Balaban J connectivity index is 1.93. The van der Waals surface area contributed by atoms with Crippen LogP contribution in [0.3, 0.4) is 0 Å². The molecular formula is C18H36N2. The summed E-state index contributed by atoms with van der Waals surface area (Å²) < 4.78 is 0. The van der Waals surface area contributed by atoms with Crippen LogP contribution in [0, 0.1) is 0 Å². The van der Waals surface area contributed by atoms with Crippen molar-refractivity contribution in [2.75, 3.05) is 19.6 Å². The van der Waals surface area contributed by atoms with Crippen LogP contribution >= 0.6 is 0 Å². The summed E-state index contributed by atoms with van der Waals surface area (Å²) in [6.45, 7) is 6.12. The van der Waals surface area contributed by atoms with Gasteiger partial charge in [-0.1, -0.05) is 58.3 Å². The van der Waals surface area contributed by atoms with Crippen LogP contribution in [0.4, 0.5) is 0 Å². The molecule has 2 rings (SSSR count). The maximum Gasteiger partial charge on any atom is 0.0249 e. The summed E-state index contributed by atoms with van der Waals surface area (Å²) in [6.07, 6.45) is 17.4. The largest absolute Gasteiger partial charge is 0.313 e. The number of nitrogens with one attached hydrogen (secondary N) is 1. The first kappa shape index (κ1) is 16.3. The van der Waals surface area contributed by atoms with Crippen LogP contribution in [0.1, 0.15) is 84.0 Å². The SMILES string of the molecule is CCNC1CCCCCCCCCCC1N1CCCC1. The van der Waals surface area contributed by atoms with Crippen molar-refractivity contribution in [1.82, 2.24) is 10.2 Å². The van der Waals surface area contributed by atoms with Gasteiger partial charge >= 0.3 is 0 Å². The molecule has 20 heavy (non-hydrogen) atoms. The molecular weight excluding hydrogens is 244 g/mol. The Kier molecular flexibility index (Phi) is 7.97. The summed E-state index contributed by atoms with van der Waals surface area (Å²) in [5, 5.41) is 3.82. The number of nitrogens with zero attached hydrogens (tertiary/aromatic N) is 1. The summed E-state index contributed by atoms with van der Waals surface area (Å²) in [7, 11) is 0. The normalized spacial score (nSPS) is 31.6. The molecule has 118 valence electrons. The molecule has 2 aliphatic rings. The quantitative estimate of drug-likeness (QED) is 0.827. The van der Waals surface area contributed by atoms with E-state index in [0.717, 1.165) is 18.6 Å². The van der Waals surface area contributed by atoms with Gasteiger partial charge in [-0.15, -0.1) is 0 Å². The zero-order chi connectivity index (χ0) is 14.0. The maximum atomic E-state index is 3.82. The molecule has 0 bridgehead atoms. The van der Waals surface area contributed by atoms with E-state index in [9.17, 15) is 0 Å².